The number of aromatic nitrogens is 2. The van der Waals surface area contributed by atoms with Crippen molar-refractivity contribution in [1.29, 1.82) is 0 Å². The summed E-state index contributed by atoms with van der Waals surface area (Å²) < 4.78 is 12.7. The van der Waals surface area contributed by atoms with Crippen molar-refractivity contribution in [2.24, 2.45) is 0 Å². The summed E-state index contributed by atoms with van der Waals surface area (Å²) in [6.07, 6.45) is 3.57. The zero-order valence-electron chi connectivity index (χ0n) is 10.5. The number of nitrogens with zero attached hydrogens (tertiary/aromatic N) is 2. The minimum Gasteiger partial charge on any atom is -0.493 e. The molecule has 0 aliphatic heterocycles. The molecular formula is C13H15ClN2O3. The Balaban J connectivity index is 2.09. The van der Waals surface area contributed by atoms with Gasteiger partial charge in [0.25, 0.3) is 0 Å². The van der Waals surface area contributed by atoms with E-state index in [9.17, 15) is 5.11 Å². The third kappa shape index (κ3) is 3.39. The summed E-state index contributed by atoms with van der Waals surface area (Å²) in [5.74, 6) is 1.03. The van der Waals surface area contributed by atoms with Gasteiger partial charge in [0.1, 0.15) is 6.61 Å². The average molecular weight is 283 g/mol. The molecule has 0 bridgehead atoms. The van der Waals surface area contributed by atoms with Crippen LogP contribution in [0.4, 0.5) is 0 Å². The van der Waals surface area contributed by atoms with Gasteiger partial charge in [0, 0.05) is 29.0 Å². The Morgan fingerprint density at radius 1 is 1.42 bits per heavy atom. The van der Waals surface area contributed by atoms with Gasteiger partial charge >= 0.3 is 0 Å². The Morgan fingerprint density at radius 2 is 2.26 bits per heavy atom. The number of ether oxygens (including phenoxy) is 2. The van der Waals surface area contributed by atoms with Gasteiger partial charge in [-0.2, -0.15) is 5.10 Å². The van der Waals surface area contributed by atoms with Crippen LogP contribution in [-0.4, -0.2) is 28.6 Å². The lowest BCUT2D eigenvalue weighted by molar-refractivity contribution is 0.246. The largest absolute Gasteiger partial charge is 0.493 e. The highest BCUT2D eigenvalue weighted by atomic mass is 35.5. The molecule has 0 saturated carbocycles. The molecule has 0 amide bonds. The summed E-state index contributed by atoms with van der Waals surface area (Å²) in [7, 11) is 1.53. The molecule has 19 heavy (non-hydrogen) atoms. The van der Waals surface area contributed by atoms with E-state index in [0.29, 0.717) is 35.2 Å². The first-order valence-electron chi connectivity index (χ1n) is 5.82. The normalized spacial score (nSPS) is 10.5. The summed E-state index contributed by atoms with van der Waals surface area (Å²) in [4.78, 5) is 0. The highest BCUT2D eigenvalue weighted by molar-refractivity contribution is 6.30. The maximum absolute atomic E-state index is 9.33. The minimum absolute atomic E-state index is 0.159. The van der Waals surface area contributed by atoms with Crippen molar-refractivity contribution in [2.75, 3.05) is 13.7 Å². The number of methoxy groups -OCH3 is 1. The maximum Gasteiger partial charge on any atom is 0.166 e. The predicted molar refractivity (Wildman–Crippen MR) is 71.6 cm³/mol. The van der Waals surface area contributed by atoms with Gasteiger partial charge in [-0.3, -0.25) is 4.68 Å². The molecule has 0 saturated heterocycles. The van der Waals surface area contributed by atoms with Crippen molar-refractivity contribution in [1.82, 2.24) is 9.78 Å². The average Bonchev–Trinajstić information content (AvgIpc) is 2.92. The molecule has 1 N–H and O–H groups in total. The van der Waals surface area contributed by atoms with Crippen LogP contribution < -0.4 is 9.47 Å². The van der Waals surface area contributed by atoms with Crippen molar-refractivity contribution >= 4 is 11.6 Å². The number of hydrogen-bond acceptors (Lipinski definition) is 4. The van der Waals surface area contributed by atoms with Crippen molar-refractivity contribution in [3.63, 3.8) is 0 Å². The van der Waals surface area contributed by atoms with Gasteiger partial charge in [0.2, 0.25) is 0 Å². The molecular weight excluding hydrogens is 268 g/mol. The second-order valence-electron chi connectivity index (χ2n) is 3.87. The van der Waals surface area contributed by atoms with Crippen LogP contribution in [0.5, 0.6) is 11.5 Å². The van der Waals surface area contributed by atoms with E-state index < -0.39 is 0 Å². The smallest absolute Gasteiger partial charge is 0.166 e. The van der Waals surface area contributed by atoms with Crippen LogP contribution in [-0.2, 0) is 13.2 Å². The van der Waals surface area contributed by atoms with Crippen LogP contribution in [0.2, 0.25) is 5.02 Å². The second kappa shape index (κ2) is 6.45. The van der Waals surface area contributed by atoms with E-state index in [2.05, 4.69) is 5.10 Å². The highest BCUT2D eigenvalue weighted by Gasteiger charge is 2.12. The second-order valence-corrected chi connectivity index (χ2v) is 4.31. The molecule has 0 radical (unpaired) electrons. The van der Waals surface area contributed by atoms with Crippen molar-refractivity contribution < 1.29 is 14.6 Å². The molecule has 1 aromatic carbocycles. The lowest BCUT2D eigenvalue weighted by Gasteiger charge is -2.14. The lowest BCUT2D eigenvalue weighted by atomic mass is 10.2. The van der Waals surface area contributed by atoms with Gasteiger partial charge < -0.3 is 14.6 Å². The first-order valence-corrected chi connectivity index (χ1v) is 6.20. The Kier molecular flexibility index (Phi) is 4.65. The quantitative estimate of drug-likeness (QED) is 0.882. The maximum atomic E-state index is 9.33. The van der Waals surface area contributed by atoms with Gasteiger partial charge in [-0.25, -0.2) is 0 Å². The van der Waals surface area contributed by atoms with Crippen LogP contribution in [0, 0.1) is 0 Å². The third-order valence-corrected chi connectivity index (χ3v) is 2.83. The molecule has 0 spiro atoms. The number of rotatable bonds is 6. The Morgan fingerprint density at radius 3 is 2.89 bits per heavy atom. The molecule has 0 atom stereocenters. The van der Waals surface area contributed by atoms with E-state index in [-0.39, 0.29) is 6.61 Å². The van der Waals surface area contributed by atoms with Crippen LogP contribution in [0.15, 0.2) is 30.6 Å². The van der Waals surface area contributed by atoms with Crippen LogP contribution in [0.1, 0.15) is 5.56 Å². The molecule has 2 rings (SSSR count). The van der Waals surface area contributed by atoms with Crippen LogP contribution >= 0.6 is 11.6 Å². The van der Waals surface area contributed by atoms with E-state index in [0.717, 1.165) is 0 Å². The van der Waals surface area contributed by atoms with Gasteiger partial charge in [-0.15, -0.1) is 0 Å². The van der Waals surface area contributed by atoms with E-state index in [1.165, 1.54) is 7.11 Å². The lowest BCUT2D eigenvalue weighted by Crippen LogP contribution is -2.10. The van der Waals surface area contributed by atoms with Gasteiger partial charge in [0.05, 0.1) is 20.3 Å². The highest BCUT2D eigenvalue weighted by Crippen LogP contribution is 2.34. The number of aliphatic hydroxyl groups is 1. The fraction of sp³-hybridized carbons (Fsp3) is 0.308. The van der Waals surface area contributed by atoms with Crippen molar-refractivity contribution in [3.05, 3.63) is 41.2 Å². The first-order chi connectivity index (χ1) is 9.24. The Bertz CT molecular complexity index is 504. The van der Waals surface area contributed by atoms with E-state index >= 15 is 0 Å². The van der Waals surface area contributed by atoms with Crippen molar-refractivity contribution in [3.8, 4) is 11.5 Å². The molecule has 0 aliphatic carbocycles. The van der Waals surface area contributed by atoms with Crippen molar-refractivity contribution in [2.45, 2.75) is 13.2 Å². The molecule has 6 heteroatoms. The standard InChI is InChI=1S/C13H15ClN2O3/c1-18-12-8-11(14)7-10(9-17)13(12)19-6-5-16-4-2-3-15-16/h2-4,7-8,17H,5-6,9H2,1H3. The molecule has 2 aromatic rings. The van der Waals surface area contributed by atoms with Crippen LogP contribution in [0.3, 0.4) is 0 Å². The molecule has 1 heterocycles. The first kappa shape index (κ1) is 13.7. The van der Waals surface area contributed by atoms with Gasteiger partial charge in [-0.05, 0) is 12.1 Å². The fourth-order valence-corrected chi connectivity index (χ4v) is 1.96. The molecule has 5 nitrogen and oxygen atoms in total. The molecule has 1 aromatic heterocycles. The minimum atomic E-state index is -0.159. The summed E-state index contributed by atoms with van der Waals surface area (Å²) in [6.45, 7) is 0.879. The molecule has 102 valence electrons. The Labute approximate surface area is 116 Å². The number of aliphatic hydroxyl groups excluding tert-OH is 1. The van der Waals surface area contributed by atoms with E-state index in [4.69, 9.17) is 21.1 Å². The van der Waals surface area contributed by atoms with Crippen LogP contribution in [0.25, 0.3) is 0 Å². The monoisotopic (exact) mass is 282 g/mol. The zero-order valence-corrected chi connectivity index (χ0v) is 11.3. The molecule has 0 aliphatic rings. The SMILES string of the molecule is COc1cc(Cl)cc(CO)c1OCCn1cccn1. The predicted octanol–water partition coefficient (Wildman–Crippen LogP) is 2.12. The number of benzene rings is 1. The topological polar surface area (TPSA) is 56.5 Å². The van der Waals surface area contributed by atoms with Gasteiger partial charge in [0.15, 0.2) is 11.5 Å². The van der Waals surface area contributed by atoms with Gasteiger partial charge in [-0.1, -0.05) is 11.6 Å². The third-order valence-electron chi connectivity index (χ3n) is 2.61. The Hall–Kier alpha value is -1.72. The zero-order chi connectivity index (χ0) is 13.7. The summed E-state index contributed by atoms with van der Waals surface area (Å²) >= 11 is 5.93. The van der Waals surface area contributed by atoms with E-state index in [1.54, 1.807) is 23.0 Å². The molecule has 0 fully saturated rings. The molecule has 0 unspecified atom stereocenters. The number of hydrogen-bond donors (Lipinski definition) is 1. The fourth-order valence-electron chi connectivity index (χ4n) is 1.73. The number of halogens is 1. The summed E-state index contributed by atoms with van der Waals surface area (Å²) in [6, 6.07) is 5.17. The summed E-state index contributed by atoms with van der Waals surface area (Å²) in [5, 5.41) is 13.9. The van der Waals surface area contributed by atoms with E-state index in [1.807, 2.05) is 12.3 Å². The summed E-state index contributed by atoms with van der Waals surface area (Å²) in [5.41, 5.74) is 0.602.